The molecule has 0 radical (unpaired) electrons. The molecule has 0 spiro atoms. The second kappa shape index (κ2) is 6.88. The molecule has 0 bridgehead atoms. The van der Waals surface area contributed by atoms with Crippen molar-refractivity contribution in [3.05, 3.63) is 53.8 Å². The van der Waals surface area contributed by atoms with E-state index in [9.17, 15) is 9.18 Å². The van der Waals surface area contributed by atoms with E-state index in [2.05, 4.69) is 5.32 Å². The van der Waals surface area contributed by atoms with E-state index in [-0.39, 0.29) is 24.6 Å². The normalized spacial score (nSPS) is 13.8. The average Bonchev–Trinajstić information content (AvgIpc) is 3.03. The Hall–Kier alpha value is -2.60. The molecule has 24 heavy (non-hydrogen) atoms. The minimum atomic E-state index is -0.347. The minimum Gasteiger partial charge on any atom is -0.454 e. The van der Waals surface area contributed by atoms with Crippen molar-refractivity contribution >= 4 is 11.6 Å². The van der Waals surface area contributed by atoms with E-state index >= 15 is 0 Å². The first kappa shape index (κ1) is 16.3. The lowest BCUT2D eigenvalue weighted by atomic mass is 10.1. The molecule has 0 saturated carbocycles. The van der Waals surface area contributed by atoms with Crippen LogP contribution in [0.15, 0.2) is 42.5 Å². The smallest absolute Gasteiger partial charge is 0.241 e. The van der Waals surface area contributed by atoms with Gasteiger partial charge in [-0.2, -0.15) is 0 Å². The highest BCUT2D eigenvalue weighted by Gasteiger charge is 2.20. The van der Waals surface area contributed by atoms with Gasteiger partial charge in [0.2, 0.25) is 12.7 Å². The molecule has 0 aliphatic carbocycles. The quantitative estimate of drug-likeness (QED) is 0.916. The fourth-order valence-corrected chi connectivity index (χ4v) is 2.44. The van der Waals surface area contributed by atoms with Gasteiger partial charge in [-0.25, -0.2) is 4.39 Å². The molecule has 0 aromatic heterocycles. The zero-order chi connectivity index (χ0) is 17.1. The predicted octanol–water partition coefficient (Wildman–Crippen LogP) is 3.01. The number of amides is 1. The lowest BCUT2D eigenvalue weighted by molar-refractivity contribution is -0.120. The number of hydrogen-bond acceptors (Lipinski definition) is 4. The number of anilines is 1. The van der Waals surface area contributed by atoms with Crippen molar-refractivity contribution < 1.29 is 18.7 Å². The summed E-state index contributed by atoms with van der Waals surface area (Å²) in [6, 6.07) is 11.1. The summed E-state index contributed by atoms with van der Waals surface area (Å²) in [6.07, 6.45) is 0. The second-order valence-electron chi connectivity index (χ2n) is 5.77. The number of hydrogen-bond donors (Lipinski definition) is 1. The van der Waals surface area contributed by atoms with Crippen molar-refractivity contribution in [2.75, 3.05) is 19.2 Å². The van der Waals surface area contributed by atoms with E-state index in [4.69, 9.17) is 9.47 Å². The number of carbonyl (C=O) groups is 1. The number of carbonyl (C=O) groups excluding carboxylic acids is 1. The van der Waals surface area contributed by atoms with E-state index in [0.717, 1.165) is 17.1 Å². The van der Waals surface area contributed by atoms with Gasteiger partial charge in [-0.3, -0.25) is 9.69 Å². The van der Waals surface area contributed by atoms with Crippen LogP contribution < -0.4 is 14.8 Å². The first-order valence-electron chi connectivity index (χ1n) is 7.68. The van der Waals surface area contributed by atoms with E-state index in [1.807, 2.05) is 37.1 Å². The number of likely N-dealkylation sites (N-methyl/N-ethyl adjacent to an activating group) is 1. The Kier molecular flexibility index (Phi) is 4.66. The van der Waals surface area contributed by atoms with Crippen LogP contribution in [-0.2, 0) is 11.3 Å². The van der Waals surface area contributed by atoms with E-state index in [1.54, 1.807) is 0 Å². The molecule has 1 heterocycles. The molecule has 5 nitrogen and oxygen atoms in total. The predicted molar refractivity (Wildman–Crippen MR) is 88.5 cm³/mol. The molecular formula is C18H19FN2O3. The summed E-state index contributed by atoms with van der Waals surface area (Å²) in [5.74, 6) is 0.985. The van der Waals surface area contributed by atoms with Gasteiger partial charge in [0.05, 0.1) is 6.04 Å². The highest BCUT2D eigenvalue weighted by Crippen LogP contribution is 2.32. The number of nitrogens with one attached hydrogen (secondary N) is 1. The van der Waals surface area contributed by atoms with E-state index < -0.39 is 0 Å². The van der Waals surface area contributed by atoms with Gasteiger partial charge >= 0.3 is 0 Å². The van der Waals surface area contributed by atoms with Gasteiger partial charge in [0.15, 0.2) is 11.5 Å². The standard InChI is InChI=1S/C18H19FN2O3/c1-12(18(22)20-15-6-4-14(19)5-7-15)21(2)10-13-3-8-16-17(9-13)24-11-23-16/h3-9,12H,10-11H2,1-2H3,(H,20,22)/t12-/m1/s1. The monoisotopic (exact) mass is 330 g/mol. The topological polar surface area (TPSA) is 50.8 Å². The van der Waals surface area contributed by atoms with Crippen LogP contribution in [0.5, 0.6) is 11.5 Å². The van der Waals surface area contributed by atoms with Gasteiger partial charge < -0.3 is 14.8 Å². The maximum atomic E-state index is 12.9. The highest BCUT2D eigenvalue weighted by atomic mass is 19.1. The minimum absolute atomic E-state index is 0.148. The van der Waals surface area contributed by atoms with Crippen LogP contribution >= 0.6 is 0 Å². The van der Waals surface area contributed by atoms with E-state index in [0.29, 0.717) is 12.2 Å². The van der Waals surface area contributed by atoms with Gasteiger partial charge in [-0.15, -0.1) is 0 Å². The molecule has 1 amide bonds. The molecule has 1 aliphatic rings. The average molecular weight is 330 g/mol. The third kappa shape index (κ3) is 3.65. The lowest BCUT2D eigenvalue weighted by Gasteiger charge is -2.24. The van der Waals surface area contributed by atoms with Crippen LogP contribution in [0.4, 0.5) is 10.1 Å². The summed E-state index contributed by atoms with van der Waals surface area (Å²) in [7, 11) is 1.87. The van der Waals surface area contributed by atoms with Crippen LogP contribution in [0.25, 0.3) is 0 Å². The fraction of sp³-hybridized carbons (Fsp3) is 0.278. The zero-order valence-corrected chi connectivity index (χ0v) is 13.6. The molecule has 1 N–H and O–H groups in total. The van der Waals surface area contributed by atoms with Crippen LogP contribution in [-0.4, -0.2) is 30.7 Å². The number of ether oxygens (including phenoxy) is 2. The third-order valence-corrected chi connectivity index (χ3v) is 4.02. The van der Waals surface area contributed by atoms with Gasteiger partial charge in [0.25, 0.3) is 0 Å². The summed E-state index contributed by atoms with van der Waals surface area (Å²) < 4.78 is 23.6. The SMILES string of the molecule is C[C@H](C(=O)Nc1ccc(F)cc1)N(C)Cc1ccc2c(c1)OCO2. The van der Waals surface area contributed by atoms with Crippen molar-refractivity contribution in [3.8, 4) is 11.5 Å². The molecule has 3 rings (SSSR count). The number of halogens is 1. The Labute approximate surface area is 140 Å². The van der Waals surface area contributed by atoms with Crippen molar-refractivity contribution in [3.63, 3.8) is 0 Å². The molecule has 1 aliphatic heterocycles. The Balaban J connectivity index is 1.60. The first-order chi connectivity index (χ1) is 11.5. The molecule has 0 unspecified atom stereocenters. The third-order valence-electron chi connectivity index (χ3n) is 4.02. The van der Waals surface area contributed by atoms with Gasteiger partial charge in [0.1, 0.15) is 5.82 Å². The van der Waals surface area contributed by atoms with E-state index in [1.165, 1.54) is 24.3 Å². The Bertz CT molecular complexity index is 734. The zero-order valence-electron chi connectivity index (χ0n) is 13.6. The summed E-state index contributed by atoms with van der Waals surface area (Å²) >= 11 is 0. The maximum Gasteiger partial charge on any atom is 0.241 e. The number of fused-ring (bicyclic) bond motifs is 1. The van der Waals surface area contributed by atoms with Crippen molar-refractivity contribution in [1.29, 1.82) is 0 Å². The molecule has 126 valence electrons. The molecular weight excluding hydrogens is 311 g/mol. The Morgan fingerprint density at radius 2 is 1.92 bits per heavy atom. The van der Waals surface area contributed by atoms with Crippen LogP contribution in [0, 0.1) is 5.82 Å². The summed E-state index contributed by atoms with van der Waals surface area (Å²) in [6.45, 7) is 2.66. The Morgan fingerprint density at radius 1 is 1.21 bits per heavy atom. The molecule has 0 saturated heterocycles. The largest absolute Gasteiger partial charge is 0.454 e. The number of nitrogens with zero attached hydrogens (tertiary/aromatic N) is 1. The molecule has 1 atom stereocenters. The number of benzene rings is 2. The van der Waals surface area contributed by atoms with Crippen molar-refractivity contribution in [1.82, 2.24) is 4.90 Å². The van der Waals surface area contributed by atoms with Gasteiger partial charge in [0, 0.05) is 12.2 Å². The fourth-order valence-electron chi connectivity index (χ4n) is 2.44. The molecule has 2 aromatic carbocycles. The van der Waals surface area contributed by atoms with Gasteiger partial charge in [-0.1, -0.05) is 6.07 Å². The maximum absolute atomic E-state index is 12.9. The van der Waals surface area contributed by atoms with Crippen molar-refractivity contribution in [2.45, 2.75) is 19.5 Å². The van der Waals surface area contributed by atoms with Gasteiger partial charge in [-0.05, 0) is 55.9 Å². The highest BCUT2D eigenvalue weighted by molar-refractivity contribution is 5.94. The molecule has 0 fully saturated rings. The lowest BCUT2D eigenvalue weighted by Crippen LogP contribution is -2.39. The summed E-state index contributed by atoms with van der Waals surface area (Å²) in [5, 5.41) is 2.79. The molecule has 6 heteroatoms. The van der Waals surface area contributed by atoms with Crippen LogP contribution in [0.2, 0.25) is 0 Å². The summed E-state index contributed by atoms with van der Waals surface area (Å²) in [4.78, 5) is 14.3. The second-order valence-corrected chi connectivity index (χ2v) is 5.77. The van der Waals surface area contributed by atoms with Crippen LogP contribution in [0.3, 0.4) is 0 Å². The summed E-state index contributed by atoms with van der Waals surface area (Å²) in [5.41, 5.74) is 1.60. The Morgan fingerprint density at radius 3 is 2.67 bits per heavy atom. The first-order valence-corrected chi connectivity index (χ1v) is 7.68. The van der Waals surface area contributed by atoms with Crippen molar-refractivity contribution in [2.24, 2.45) is 0 Å². The number of rotatable bonds is 5. The van der Waals surface area contributed by atoms with Crippen LogP contribution in [0.1, 0.15) is 12.5 Å². The molecule has 2 aromatic rings.